The number of methoxy groups -OCH3 is 1. The highest BCUT2D eigenvalue weighted by atomic mass is 16.5. The highest BCUT2D eigenvalue weighted by molar-refractivity contribution is 5.88. The molecular formula is C15H19N3O3. The molecule has 6 heteroatoms. The second-order valence-electron chi connectivity index (χ2n) is 4.46. The van der Waals surface area contributed by atoms with E-state index in [0.717, 1.165) is 11.3 Å². The van der Waals surface area contributed by atoms with Gasteiger partial charge in [-0.15, -0.1) is 0 Å². The molecule has 0 bridgehead atoms. The second kappa shape index (κ2) is 6.90. The number of hydrogen-bond acceptors (Lipinski definition) is 5. The lowest BCUT2D eigenvalue weighted by molar-refractivity contribution is 0.0526. The number of ether oxygens (including phenoxy) is 2. The standard InChI is InChI=1S/C15H19N3O3/c1-3-21-15(19)12-9-17-18(10-12)14(8-16)11-5-4-6-13(7-11)20-2/h4-7,9-10,14H,3,8,16H2,1-2H3. The average Bonchev–Trinajstić information content (AvgIpc) is 2.98. The summed E-state index contributed by atoms with van der Waals surface area (Å²) in [5.74, 6) is 0.369. The molecule has 21 heavy (non-hydrogen) atoms. The summed E-state index contributed by atoms with van der Waals surface area (Å²) < 4.78 is 11.8. The summed E-state index contributed by atoms with van der Waals surface area (Å²) in [5, 5.41) is 4.22. The lowest BCUT2D eigenvalue weighted by Crippen LogP contribution is -2.21. The molecule has 0 aliphatic rings. The van der Waals surface area contributed by atoms with Crippen LogP contribution in [0.25, 0.3) is 0 Å². The second-order valence-corrected chi connectivity index (χ2v) is 4.46. The lowest BCUT2D eigenvalue weighted by Gasteiger charge is -2.16. The van der Waals surface area contributed by atoms with E-state index >= 15 is 0 Å². The number of hydrogen-bond donors (Lipinski definition) is 1. The van der Waals surface area contributed by atoms with E-state index in [0.29, 0.717) is 18.7 Å². The van der Waals surface area contributed by atoms with Gasteiger partial charge < -0.3 is 15.2 Å². The van der Waals surface area contributed by atoms with Crippen molar-refractivity contribution in [3.05, 3.63) is 47.8 Å². The Labute approximate surface area is 123 Å². The number of carbonyl (C=O) groups excluding carboxylic acids is 1. The highest BCUT2D eigenvalue weighted by Crippen LogP contribution is 2.21. The van der Waals surface area contributed by atoms with E-state index in [-0.39, 0.29) is 12.0 Å². The molecule has 0 saturated carbocycles. The van der Waals surface area contributed by atoms with E-state index in [9.17, 15) is 4.79 Å². The molecule has 0 aliphatic heterocycles. The quantitative estimate of drug-likeness (QED) is 0.817. The number of carbonyl (C=O) groups is 1. The summed E-state index contributed by atoms with van der Waals surface area (Å²) in [6.07, 6.45) is 3.13. The smallest absolute Gasteiger partial charge is 0.341 e. The van der Waals surface area contributed by atoms with Crippen molar-refractivity contribution in [2.75, 3.05) is 20.3 Å². The fourth-order valence-electron chi connectivity index (χ4n) is 2.07. The molecular weight excluding hydrogens is 270 g/mol. The Balaban J connectivity index is 2.27. The maximum absolute atomic E-state index is 11.7. The minimum absolute atomic E-state index is 0.164. The van der Waals surface area contributed by atoms with Crippen LogP contribution < -0.4 is 10.5 Å². The zero-order valence-electron chi connectivity index (χ0n) is 12.2. The first kappa shape index (κ1) is 15.1. The molecule has 2 N–H and O–H groups in total. The number of benzene rings is 1. The first-order chi connectivity index (χ1) is 10.2. The third-order valence-corrected chi connectivity index (χ3v) is 3.13. The summed E-state index contributed by atoms with van der Waals surface area (Å²) in [6, 6.07) is 7.45. The van der Waals surface area contributed by atoms with Gasteiger partial charge in [0.15, 0.2) is 0 Å². The maximum Gasteiger partial charge on any atom is 0.341 e. The third kappa shape index (κ3) is 3.41. The van der Waals surface area contributed by atoms with Crippen LogP contribution in [0.1, 0.15) is 28.9 Å². The van der Waals surface area contributed by atoms with Gasteiger partial charge in [0.1, 0.15) is 5.75 Å². The van der Waals surface area contributed by atoms with E-state index in [1.54, 1.807) is 24.9 Å². The first-order valence-corrected chi connectivity index (χ1v) is 6.74. The summed E-state index contributed by atoms with van der Waals surface area (Å²) in [7, 11) is 1.61. The monoisotopic (exact) mass is 289 g/mol. The van der Waals surface area contributed by atoms with Crippen LogP contribution in [0, 0.1) is 0 Å². The Morgan fingerprint density at radius 1 is 1.48 bits per heavy atom. The number of nitrogens with zero attached hydrogens (tertiary/aromatic N) is 2. The Morgan fingerprint density at radius 3 is 2.95 bits per heavy atom. The van der Waals surface area contributed by atoms with Crippen LogP contribution >= 0.6 is 0 Å². The SMILES string of the molecule is CCOC(=O)c1cnn(C(CN)c2cccc(OC)c2)c1. The zero-order chi connectivity index (χ0) is 15.2. The third-order valence-electron chi connectivity index (χ3n) is 3.13. The summed E-state index contributed by atoms with van der Waals surface area (Å²) in [5.41, 5.74) is 7.24. The van der Waals surface area contributed by atoms with E-state index in [4.69, 9.17) is 15.2 Å². The van der Waals surface area contributed by atoms with Crippen LogP contribution in [-0.2, 0) is 4.74 Å². The molecule has 6 nitrogen and oxygen atoms in total. The normalized spacial score (nSPS) is 12.0. The summed E-state index contributed by atoms with van der Waals surface area (Å²) in [4.78, 5) is 11.7. The minimum Gasteiger partial charge on any atom is -0.497 e. The molecule has 1 aromatic heterocycles. The van der Waals surface area contributed by atoms with Crippen LogP contribution in [0.15, 0.2) is 36.7 Å². The predicted molar refractivity (Wildman–Crippen MR) is 78.4 cm³/mol. The van der Waals surface area contributed by atoms with Crippen molar-refractivity contribution in [1.29, 1.82) is 0 Å². The lowest BCUT2D eigenvalue weighted by atomic mass is 10.1. The molecule has 0 spiro atoms. The average molecular weight is 289 g/mol. The van der Waals surface area contributed by atoms with Crippen molar-refractivity contribution in [3.8, 4) is 5.75 Å². The summed E-state index contributed by atoms with van der Waals surface area (Å²) in [6.45, 7) is 2.46. The largest absolute Gasteiger partial charge is 0.497 e. The number of nitrogens with two attached hydrogens (primary N) is 1. The van der Waals surface area contributed by atoms with Crippen LogP contribution in [0.3, 0.4) is 0 Å². The van der Waals surface area contributed by atoms with Crippen molar-refractivity contribution >= 4 is 5.97 Å². The van der Waals surface area contributed by atoms with Gasteiger partial charge in [-0.05, 0) is 24.6 Å². The zero-order valence-corrected chi connectivity index (χ0v) is 12.2. The molecule has 1 unspecified atom stereocenters. The molecule has 0 radical (unpaired) electrons. The topological polar surface area (TPSA) is 79.4 Å². The van der Waals surface area contributed by atoms with E-state index in [1.807, 2.05) is 24.3 Å². The van der Waals surface area contributed by atoms with Gasteiger partial charge in [0.2, 0.25) is 0 Å². The van der Waals surface area contributed by atoms with Gasteiger partial charge in [-0.3, -0.25) is 4.68 Å². The molecule has 0 aliphatic carbocycles. The molecule has 2 rings (SSSR count). The van der Waals surface area contributed by atoms with Gasteiger partial charge in [-0.25, -0.2) is 4.79 Å². The van der Waals surface area contributed by atoms with Crippen molar-refractivity contribution in [2.24, 2.45) is 5.73 Å². The van der Waals surface area contributed by atoms with Crippen LogP contribution in [0.4, 0.5) is 0 Å². The van der Waals surface area contributed by atoms with Crippen molar-refractivity contribution in [2.45, 2.75) is 13.0 Å². The molecule has 0 fully saturated rings. The minimum atomic E-state index is -0.384. The van der Waals surface area contributed by atoms with Crippen LogP contribution in [0.2, 0.25) is 0 Å². The molecule has 1 atom stereocenters. The Morgan fingerprint density at radius 2 is 2.29 bits per heavy atom. The predicted octanol–water partition coefficient (Wildman–Crippen LogP) is 1.62. The Kier molecular flexibility index (Phi) is 4.94. The van der Waals surface area contributed by atoms with Gasteiger partial charge in [0.05, 0.1) is 31.5 Å². The van der Waals surface area contributed by atoms with Crippen molar-refractivity contribution < 1.29 is 14.3 Å². The van der Waals surface area contributed by atoms with Gasteiger partial charge in [-0.1, -0.05) is 12.1 Å². The first-order valence-electron chi connectivity index (χ1n) is 6.74. The van der Waals surface area contributed by atoms with E-state index in [1.165, 1.54) is 6.20 Å². The van der Waals surface area contributed by atoms with Gasteiger partial charge in [-0.2, -0.15) is 5.10 Å². The van der Waals surface area contributed by atoms with Crippen LogP contribution in [-0.4, -0.2) is 36.0 Å². The molecule has 1 aromatic carbocycles. The number of rotatable bonds is 6. The van der Waals surface area contributed by atoms with E-state index in [2.05, 4.69) is 5.10 Å². The number of esters is 1. The van der Waals surface area contributed by atoms with Gasteiger partial charge >= 0.3 is 5.97 Å². The molecule has 112 valence electrons. The van der Waals surface area contributed by atoms with Gasteiger partial charge in [0.25, 0.3) is 0 Å². The molecule has 2 aromatic rings. The fourth-order valence-corrected chi connectivity index (χ4v) is 2.07. The molecule has 1 heterocycles. The summed E-state index contributed by atoms with van der Waals surface area (Å²) >= 11 is 0. The Bertz CT molecular complexity index is 610. The molecule has 0 amide bonds. The fraction of sp³-hybridized carbons (Fsp3) is 0.333. The molecule has 0 saturated heterocycles. The Hall–Kier alpha value is -2.34. The van der Waals surface area contributed by atoms with Gasteiger partial charge in [0, 0.05) is 12.7 Å². The van der Waals surface area contributed by atoms with E-state index < -0.39 is 0 Å². The van der Waals surface area contributed by atoms with Crippen molar-refractivity contribution in [1.82, 2.24) is 9.78 Å². The maximum atomic E-state index is 11.7. The highest BCUT2D eigenvalue weighted by Gasteiger charge is 2.16. The number of aromatic nitrogens is 2. The van der Waals surface area contributed by atoms with Crippen molar-refractivity contribution in [3.63, 3.8) is 0 Å². The van der Waals surface area contributed by atoms with Crippen LogP contribution in [0.5, 0.6) is 5.75 Å².